The summed E-state index contributed by atoms with van der Waals surface area (Å²) in [5.74, 6) is 6.25. The van der Waals surface area contributed by atoms with Crippen LogP contribution in [0, 0.1) is 17.7 Å². The van der Waals surface area contributed by atoms with Crippen LogP contribution < -0.4 is 21.3 Å². The zero-order valence-corrected chi connectivity index (χ0v) is 23.3. The highest BCUT2D eigenvalue weighted by atomic mass is 19.1. The lowest BCUT2D eigenvalue weighted by Gasteiger charge is -2.14. The van der Waals surface area contributed by atoms with Crippen LogP contribution in [-0.2, 0) is 9.59 Å². The molecule has 0 saturated heterocycles. The molecule has 0 aliphatic carbocycles. The van der Waals surface area contributed by atoms with Gasteiger partial charge >= 0.3 is 0 Å². The van der Waals surface area contributed by atoms with Gasteiger partial charge in [-0.05, 0) is 26.9 Å². The molecule has 2 aromatic heterocycles. The molecule has 0 aromatic carbocycles. The Bertz CT molecular complexity index is 1190. The van der Waals surface area contributed by atoms with Gasteiger partial charge in [-0.15, -0.1) is 0 Å². The number of nitrogens with one attached hydrogen (secondary N) is 4. The number of anilines is 4. The van der Waals surface area contributed by atoms with E-state index in [1.807, 2.05) is 25.9 Å². The number of unbranched alkanes of at least 4 members (excludes halogenated alkanes) is 1. The summed E-state index contributed by atoms with van der Waals surface area (Å²) in [6.07, 6.45) is 8.42. The maximum absolute atomic E-state index is 14.0. The number of nitrogens with zero attached hydrogens (tertiary/aromatic N) is 5. The van der Waals surface area contributed by atoms with Gasteiger partial charge in [-0.2, -0.15) is 4.98 Å². The van der Waals surface area contributed by atoms with Gasteiger partial charge in [0.1, 0.15) is 5.82 Å². The van der Waals surface area contributed by atoms with Gasteiger partial charge in [-0.25, -0.2) is 14.4 Å². The molecule has 0 aliphatic heterocycles. The lowest BCUT2D eigenvalue weighted by atomic mass is 10.2. The fraction of sp³-hybridized carbons (Fsp3) is 0.444. The quantitative estimate of drug-likeness (QED) is 0.163. The number of rotatable bonds is 14. The van der Waals surface area contributed by atoms with Crippen molar-refractivity contribution in [3.63, 3.8) is 0 Å². The highest BCUT2D eigenvalue weighted by Gasteiger charge is 2.10. The molecule has 11 nitrogen and oxygen atoms in total. The van der Waals surface area contributed by atoms with Crippen molar-refractivity contribution in [1.82, 2.24) is 30.1 Å². The topological polar surface area (TPSA) is 127 Å². The lowest BCUT2D eigenvalue weighted by molar-refractivity contribution is -0.131. The average Bonchev–Trinajstić information content (AvgIpc) is 2.90. The van der Waals surface area contributed by atoms with E-state index in [4.69, 9.17) is 0 Å². The molecular weight excluding hydrogens is 501 g/mol. The molecule has 0 atom stereocenters. The second kappa shape index (κ2) is 16.6. The summed E-state index contributed by atoms with van der Waals surface area (Å²) in [7, 11) is 7.01. The number of aromatic nitrogens is 3. The Morgan fingerprint density at radius 3 is 2.62 bits per heavy atom. The van der Waals surface area contributed by atoms with Crippen molar-refractivity contribution in [2.24, 2.45) is 0 Å². The van der Waals surface area contributed by atoms with Crippen LogP contribution in [-0.4, -0.2) is 90.9 Å². The van der Waals surface area contributed by atoms with Crippen molar-refractivity contribution in [1.29, 1.82) is 0 Å². The van der Waals surface area contributed by atoms with Crippen molar-refractivity contribution >= 4 is 35.1 Å². The van der Waals surface area contributed by atoms with Crippen molar-refractivity contribution in [2.45, 2.75) is 26.2 Å². The van der Waals surface area contributed by atoms with Crippen LogP contribution in [0.1, 0.15) is 31.7 Å². The Morgan fingerprint density at radius 2 is 1.92 bits per heavy atom. The molecule has 0 radical (unpaired) electrons. The van der Waals surface area contributed by atoms with Crippen molar-refractivity contribution < 1.29 is 14.0 Å². The van der Waals surface area contributed by atoms with Crippen molar-refractivity contribution in [2.75, 3.05) is 70.3 Å². The van der Waals surface area contributed by atoms with Gasteiger partial charge in [-0.3, -0.25) is 9.59 Å². The van der Waals surface area contributed by atoms with E-state index in [1.165, 1.54) is 23.2 Å². The summed E-state index contributed by atoms with van der Waals surface area (Å²) in [5, 5.41) is 11.7. The van der Waals surface area contributed by atoms with Crippen molar-refractivity contribution in [3.05, 3.63) is 42.0 Å². The van der Waals surface area contributed by atoms with Gasteiger partial charge in [0, 0.05) is 52.3 Å². The molecule has 0 spiro atoms. The molecule has 2 heterocycles. The minimum atomic E-state index is -0.487. The summed E-state index contributed by atoms with van der Waals surface area (Å²) in [6, 6.07) is 1.31. The number of hydrogen-bond donors (Lipinski definition) is 4. The molecule has 2 aromatic rings. The number of hydrogen-bond acceptors (Lipinski definition) is 9. The van der Waals surface area contributed by atoms with Crippen LogP contribution >= 0.6 is 0 Å². The van der Waals surface area contributed by atoms with E-state index < -0.39 is 5.82 Å². The van der Waals surface area contributed by atoms with Crippen LogP contribution in [0.3, 0.4) is 0 Å². The van der Waals surface area contributed by atoms with E-state index in [2.05, 4.69) is 48.1 Å². The van der Waals surface area contributed by atoms with Gasteiger partial charge in [-0.1, -0.05) is 24.8 Å². The summed E-state index contributed by atoms with van der Waals surface area (Å²) in [4.78, 5) is 40.3. The number of carbonyl (C=O) groups is 2. The highest BCUT2D eigenvalue weighted by molar-refractivity contribution is 5.91. The summed E-state index contributed by atoms with van der Waals surface area (Å²) in [6.45, 7) is 3.83. The molecule has 0 bridgehead atoms. The standard InChI is InChI=1S/C27H38FN9O2/c1-6-13-31-25-20(17-33-27(35-25)34-21-16-22(28)26(29-2)32-18-21)11-8-7-9-14-30-23(38)19-37(5)24(39)12-10-15-36(3)4/h10,12,16-18H,6-7,9,13-15,19H2,1-5H3,(H,29,32)(H,30,38)(H2,31,33,34,35)/b12-10+. The Balaban J connectivity index is 1.87. The zero-order valence-electron chi connectivity index (χ0n) is 23.3. The molecule has 0 unspecified atom stereocenters. The van der Waals surface area contributed by atoms with Gasteiger partial charge in [0.05, 0.1) is 30.2 Å². The Kier molecular flexibility index (Phi) is 13.2. The first-order valence-corrected chi connectivity index (χ1v) is 12.8. The Morgan fingerprint density at radius 1 is 1.13 bits per heavy atom. The number of halogens is 1. The number of carbonyl (C=O) groups excluding carboxylic acids is 2. The van der Waals surface area contributed by atoms with E-state index in [0.717, 1.165) is 6.42 Å². The summed E-state index contributed by atoms with van der Waals surface area (Å²) >= 11 is 0. The molecule has 12 heteroatoms. The first-order valence-electron chi connectivity index (χ1n) is 12.8. The number of amides is 2. The van der Waals surface area contributed by atoms with Crippen molar-refractivity contribution in [3.8, 4) is 11.8 Å². The fourth-order valence-electron chi connectivity index (χ4n) is 3.13. The van der Waals surface area contributed by atoms with Crippen LogP contribution in [0.25, 0.3) is 0 Å². The highest BCUT2D eigenvalue weighted by Crippen LogP contribution is 2.20. The third kappa shape index (κ3) is 11.4. The molecule has 2 amide bonds. The molecule has 39 heavy (non-hydrogen) atoms. The normalized spacial score (nSPS) is 10.6. The first kappa shape index (κ1) is 31.0. The maximum atomic E-state index is 14.0. The molecule has 0 saturated carbocycles. The molecule has 0 fully saturated rings. The minimum Gasteiger partial charge on any atom is -0.371 e. The SMILES string of the molecule is CCCNc1nc(Nc2cnc(NC)c(F)c2)ncc1C#CCCCNC(=O)CN(C)C(=O)/C=C/CN(C)C. The third-order valence-corrected chi connectivity index (χ3v) is 5.18. The molecular formula is C27H38FN9O2. The summed E-state index contributed by atoms with van der Waals surface area (Å²) in [5.41, 5.74) is 1.06. The predicted octanol–water partition coefficient (Wildman–Crippen LogP) is 2.44. The largest absolute Gasteiger partial charge is 0.371 e. The average molecular weight is 540 g/mol. The first-order chi connectivity index (χ1) is 18.7. The van der Waals surface area contributed by atoms with Gasteiger partial charge < -0.3 is 31.1 Å². The van der Waals surface area contributed by atoms with Crippen LogP contribution in [0.2, 0.25) is 0 Å². The molecule has 210 valence electrons. The zero-order chi connectivity index (χ0) is 28.6. The second-order valence-electron chi connectivity index (χ2n) is 8.93. The molecule has 2 rings (SSSR count). The fourth-order valence-corrected chi connectivity index (χ4v) is 3.13. The van der Waals surface area contributed by atoms with E-state index in [9.17, 15) is 14.0 Å². The van der Waals surface area contributed by atoms with Gasteiger partial charge in [0.2, 0.25) is 17.8 Å². The summed E-state index contributed by atoms with van der Waals surface area (Å²) < 4.78 is 14.0. The Hall–Kier alpha value is -4.24. The Labute approximate surface area is 229 Å². The second-order valence-corrected chi connectivity index (χ2v) is 8.93. The van der Waals surface area contributed by atoms with Crippen LogP contribution in [0.4, 0.5) is 27.7 Å². The monoisotopic (exact) mass is 539 g/mol. The number of pyridine rings is 1. The smallest absolute Gasteiger partial charge is 0.246 e. The van der Waals surface area contributed by atoms with E-state index >= 15 is 0 Å². The molecule has 4 N–H and O–H groups in total. The maximum Gasteiger partial charge on any atom is 0.246 e. The van der Waals surface area contributed by atoms with Gasteiger partial charge in [0.25, 0.3) is 0 Å². The van der Waals surface area contributed by atoms with E-state index in [0.29, 0.717) is 49.5 Å². The van der Waals surface area contributed by atoms with Crippen LogP contribution in [0.5, 0.6) is 0 Å². The van der Waals surface area contributed by atoms with Crippen LogP contribution in [0.15, 0.2) is 30.6 Å². The lowest BCUT2D eigenvalue weighted by Crippen LogP contribution is -2.38. The molecule has 0 aliphatic rings. The van der Waals surface area contributed by atoms with Gasteiger partial charge in [0.15, 0.2) is 11.6 Å². The van der Waals surface area contributed by atoms with E-state index in [1.54, 1.807) is 26.4 Å². The predicted molar refractivity (Wildman–Crippen MR) is 152 cm³/mol. The third-order valence-electron chi connectivity index (χ3n) is 5.18. The number of likely N-dealkylation sites (N-methyl/N-ethyl adjacent to an activating group) is 2. The minimum absolute atomic E-state index is 0.0106. The van der Waals surface area contributed by atoms with E-state index in [-0.39, 0.29) is 30.1 Å².